The van der Waals surface area contributed by atoms with E-state index < -0.39 is 0 Å². The van der Waals surface area contributed by atoms with Crippen LogP contribution in [-0.4, -0.2) is 11.2 Å². The van der Waals surface area contributed by atoms with Crippen molar-refractivity contribution in [1.82, 2.24) is 4.98 Å². The van der Waals surface area contributed by atoms with Crippen molar-refractivity contribution in [3.8, 4) is 21.7 Å². The fourth-order valence-electron chi connectivity index (χ4n) is 2.44. The Morgan fingerprint density at radius 2 is 1.76 bits per heavy atom. The SMILES string of the molecule is C(=NNc1nc(-c2ccccc2)cs1)c1cccc(-c2cccs2)c1. The number of nitrogens with zero attached hydrogens (tertiary/aromatic N) is 2. The summed E-state index contributed by atoms with van der Waals surface area (Å²) in [5, 5.41) is 9.22. The molecular weight excluding hydrogens is 346 g/mol. The van der Waals surface area contributed by atoms with E-state index in [-0.39, 0.29) is 0 Å². The molecule has 2 aromatic heterocycles. The van der Waals surface area contributed by atoms with Crippen molar-refractivity contribution >= 4 is 34.0 Å². The molecule has 0 aliphatic heterocycles. The number of hydrazone groups is 1. The topological polar surface area (TPSA) is 37.3 Å². The first-order chi connectivity index (χ1) is 12.4. The Kier molecular flexibility index (Phi) is 4.68. The van der Waals surface area contributed by atoms with Crippen molar-refractivity contribution in [2.75, 3.05) is 5.43 Å². The Morgan fingerprint density at radius 3 is 2.60 bits per heavy atom. The second-order valence-electron chi connectivity index (χ2n) is 5.38. The van der Waals surface area contributed by atoms with E-state index in [1.165, 1.54) is 10.4 Å². The van der Waals surface area contributed by atoms with Crippen LogP contribution in [0.1, 0.15) is 5.56 Å². The largest absolute Gasteiger partial charge is 0.253 e. The van der Waals surface area contributed by atoms with Crippen molar-refractivity contribution in [2.45, 2.75) is 0 Å². The van der Waals surface area contributed by atoms with E-state index in [1.807, 2.05) is 41.9 Å². The summed E-state index contributed by atoms with van der Waals surface area (Å²) in [5.41, 5.74) is 7.35. The molecule has 5 heteroatoms. The average molecular weight is 361 g/mol. The van der Waals surface area contributed by atoms with Gasteiger partial charge in [-0.2, -0.15) is 5.10 Å². The minimum absolute atomic E-state index is 0.782. The molecular formula is C20H15N3S2. The molecule has 0 saturated heterocycles. The highest BCUT2D eigenvalue weighted by atomic mass is 32.1. The highest BCUT2D eigenvalue weighted by Crippen LogP contribution is 2.26. The molecule has 2 heterocycles. The van der Waals surface area contributed by atoms with E-state index in [0.717, 1.165) is 22.0 Å². The van der Waals surface area contributed by atoms with Gasteiger partial charge in [0, 0.05) is 15.8 Å². The molecule has 0 aliphatic rings. The summed E-state index contributed by atoms with van der Waals surface area (Å²) in [5.74, 6) is 0. The Labute approximate surface area is 154 Å². The summed E-state index contributed by atoms with van der Waals surface area (Å²) in [6, 6.07) is 22.7. The normalized spacial score (nSPS) is 11.0. The fourth-order valence-corrected chi connectivity index (χ4v) is 3.84. The van der Waals surface area contributed by atoms with Crippen LogP contribution in [0.2, 0.25) is 0 Å². The van der Waals surface area contributed by atoms with Gasteiger partial charge in [-0.25, -0.2) is 4.98 Å². The van der Waals surface area contributed by atoms with Crippen LogP contribution in [0, 0.1) is 0 Å². The first-order valence-corrected chi connectivity index (χ1v) is 9.58. The van der Waals surface area contributed by atoms with Crippen molar-refractivity contribution in [1.29, 1.82) is 0 Å². The predicted octanol–water partition coefficient (Wildman–Crippen LogP) is 5.98. The predicted molar refractivity (Wildman–Crippen MR) is 109 cm³/mol. The van der Waals surface area contributed by atoms with Gasteiger partial charge in [0.25, 0.3) is 0 Å². The third-order valence-corrected chi connectivity index (χ3v) is 5.31. The Morgan fingerprint density at radius 1 is 0.880 bits per heavy atom. The molecule has 0 spiro atoms. The summed E-state index contributed by atoms with van der Waals surface area (Å²) in [6.45, 7) is 0. The lowest BCUT2D eigenvalue weighted by Crippen LogP contribution is -1.90. The van der Waals surface area contributed by atoms with Gasteiger partial charge in [-0.05, 0) is 28.6 Å². The van der Waals surface area contributed by atoms with E-state index in [4.69, 9.17) is 0 Å². The first kappa shape index (κ1) is 15.7. The van der Waals surface area contributed by atoms with Crippen LogP contribution < -0.4 is 5.43 Å². The van der Waals surface area contributed by atoms with Crippen molar-refractivity contribution in [2.24, 2.45) is 5.10 Å². The van der Waals surface area contributed by atoms with Gasteiger partial charge >= 0.3 is 0 Å². The number of hydrogen-bond acceptors (Lipinski definition) is 5. The number of aromatic nitrogens is 1. The highest BCUT2D eigenvalue weighted by Gasteiger charge is 2.03. The molecule has 4 rings (SSSR count). The highest BCUT2D eigenvalue weighted by molar-refractivity contribution is 7.14. The molecule has 2 aromatic carbocycles. The van der Waals surface area contributed by atoms with Crippen molar-refractivity contribution in [3.05, 3.63) is 83.1 Å². The van der Waals surface area contributed by atoms with Crippen LogP contribution in [0.4, 0.5) is 5.13 Å². The summed E-state index contributed by atoms with van der Waals surface area (Å²) in [7, 11) is 0. The number of nitrogens with one attached hydrogen (secondary N) is 1. The van der Waals surface area contributed by atoms with E-state index in [0.29, 0.717) is 0 Å². The zero-order chi connectivity index (χ0) is 16.9. The van der Waals surface area contributed by atoms with E-state index in [9.17, 15) is 0 Å². The second kappa shape index (κ2) is 7.42. The monoisotopic (exact) mass is 361 g/mol. The zero-order valence-corrected chi connectivity index (χ0v) is 14.9. The number of thiophene rings is 1. The molecule has 1 N–H and O–H groups in total. The number of rotatable bonds is 5. The van der Waals surface area contributed by atoms with Gasteiger partial charge in [-0.3, -0.25) is 5.43 Å². The summed E-state index contributed by atoms with van der Waals surface area (Å²) < 4.78 is 0. The lowest BCUT2D eigenvalue weighted by Gasteiger charge is -1.99. The van der Waals surface area contributed by atoms with Gasteiger partial charge < -0.3 is 0 Å². The number of anilines is 1. The zero-order valence-electron chi connectivity index (χ0n) is 13.3. The lowest BCUT2D eigenvalue weighted by atomic mass is 10.1. The molecule has 0 amide bonds. The average Bonchev–Trinajstić information content (AvgIpc) is 3.35. The van der Waals surface area contributed by atoms with Gasteiger partial charge in [0.2, 0.25) is 5.13 Å². The molecule has 4 aromatic rings. The molecule has 0 atom stereocenters. The Balaban J connectivity index is 1.45. The van der Waals surface area contributed by atoms with Crippen LogP contribution in [0.3, 0.4) is 0 Å². The maximum atomic E-state index is 4.57. The third-order valence-electron chi connectivity index (χ3n) is 3.64. The van der Waals surface area contributed by atoms with Gasteiger partial charge in [-0.1, -0.05) is 54.6 Å². The Hall–Kier alpha value is -2.76. The minimum atomic E-state index is 0.782. The molecule has 0 fully saturated rings. The minimum Gasteiger partial charge on any atom is -0.253 e. The first-order valence-electron chi connectivity index (χ1n) is 7.82. The smallest absolute Gasteiger partial charge is 0.203 e. The summed E-state index contributed by atoms with van der Waals surface area (Å²) in [4.78, 5) is 5.83. The van der Waals surface area contributed by atoms with Gasteiger partial charge in [0.15, 0.2) is 0 Å². The van der Waals surface area contributed by atoms with Crippen LogP contribution >= 0.6 is 22.7 Å². The van der Waals surface area contributed by atoms with Crippen molar-refractivity contribution < 1.29 is 0 Å². The summed E-state index contributed by atoms with van der Waals surface area (Å²) >= 11 is 3.28. The van der Waals surface area contributed by atoms with Gasteiger partial charge in [0.05, 0.1) is 11.9 Å². The molecule has 0 aliphatic carbocycles. The number of thiazole rings is 1. The molecule has 3 nitrogen and oxygen atoms in total. The van der Waals surface area contributed by atoms with Gasteiger partial charge in [-0.15, -0.1) is 22.7 Å². The third kappa shape index (κ3) is 3.84. The molecule has 0 radical (unpaired) electrons. The van der Waals surface area contributed by atoms with Gasteiger partial charge in [0.1, 0.15) is 0 Å². The Bertz CT molecular complexity index is 973. The maximum Gasteiger partial charge on any atom is 0.203 e. The van der Waals surface area contributed by atoms with Crippen LogP contribution in [0.25, 0.3) is 21.7 Å². The van der Waals surface area contributed by atoms with Crippen LogP contribution in [0.5, 0.6) is 0 Å². The summed E-state index contributed by atoms with van der Waals surface area (Å²) in [6.07, 6.45) is 1.82. The van der Waals surface area contributed by atoms with E-state index >= 15 is 0 Å². The van der Waals surface area contributed by atoms with Crippen LogP contribution in [-0.2, 0) is 0 Å². The fraction of sp³-hybridized carbons (Fsp3) is 0. The quantitative estimate of drug-likeness (QED) is 0.350. The number of benzene rings is 2. The number of hydrogen-bond donors (Lipinski definition) is 1. The molecule has 0 saturated carbocycles. The standard InChI is InChI=1S/C20H15N3S2/c1-2-7-16(8-3-1)18-14-25-20(22-18)23-21-13-15-6-4-9-17(12-15)19-10-5-11-24-19/h1-14H,(H,22,23). The maximum absolute atomic E-state index is 4.57. The molecule has 122 valence electrons. The molecule has 0 bridgehead atoms. The lowest BCUT2D eigenvalue weighted by molar-refractivity contribution is 1.29. The van der Waals surface area contributed by atoms with Crippen LogP contribution in [0.15, 0.2) is 82.6 Å². The van der Waals surface area contributed by atoms with E-state index in [2.05, 4.69) is 57.3 Å². The molecule has 0 unspecified atom stereocenters. The molecule has 25 heavy (non-hydrogen) atoms. The van der Waals surface area contributed by atoms with Crippen molar-refractivity contribution in [3.63, 3.8) is 0 Å². The van der Waals surface area contributed by atoms with E-state index in [1.54, 1.807) is 22.7 Å². The second-order valence-corrected chi connectivity index (χ2v) is 7.18.